The van der Waals surface area contributed by atoms with Crippen LogP contribution in [0.15, 0.2) is 17.5 Å². The molecule has 14 heavy (non-hydrogen) atoms. The lowest BCUT2D eigenvalue weighted by Crippen LogP contribution is -2.34. The number of hydrogen-bond acceptors (Lipinski definition) is 3. The zero-order valence-electron chi connectivity index (χ0n) is 7.82. The van der Waals surface area contributed by atoms with Gasteiger partial charge in [-0.05, 0) is 18.4 Å². The second kappa shape index (κ2) is 5.07. The summed E-state index contributed by atoms with van der Waals surface area (Å²) in [5, 5.41) is 4.69. The first kappa shape index (κ1) is 11.1. The van der Waals surface area contributed by atoms with Crippen LogP contribution in [0.1, 0.15) is 23.0 Å². The molecule has 0 radical (unpaired) electrons. The van der Waals surface area contributed by atoms with Gasteiger partial charge in [0, 0.05) is 12.5 Å². The lowest BCUT2D eigenvalue weighted by molar-refractivity contribution is 0.0945. The summed E-state index contributed by atoms with van der Waals surface area (Å²) in [5.74, 6) is -0.0660. The molecule has 0 aliphatic rings. The molecule has 5 heteroatoms. The second-order valence-electron chi connectivity index (χ2n) is 3.02. The number of carbonyl (C=O) groups is 1. The summed E-state index contributed by atoms with van der Waals surface area (Å²) in [6.07, 6.45) is 0.534. The highest BCUT2D eigenvalue weighted by Crippen LogP contribution is 2.08. The summed E-state index contributed by atoms with van der Waals surface area (Å²) in [6, 6.07) is 3.62. The predicted molar refractivity (Wildman–Crippen MR) is 62.6 cm³/mol. The summed E-state index contributed by atoms with van der Waals surface area (Å²) in [7, 11) is 0. The number of thiophene rings is 1. The van der Waals surface area contributed by atoms with Gasteiger partial charge < -0.3 is 11.1 Å². The topological polar surface area (TPSA) is 55.1 Å². The molecule has 1 heterocycles. The van der Waals surface area contributed by atoms with Crippen molar-refractivity contribution in [2.24, 2.45) is 5.73 Å². The van der Waals surface area contributed by atoms with Gasteiger partial charge in [-0.15, -0.1) is 11.3 Å². The molecular weight excluding hydrogens is 216 g/mol. The van der Waals surface area contributed by atoms with Gasteiger partial charge in [0.05, 0.1) is 9.87 Å². The van der Waals surface area contributed by atoms with Crippen LogP contribution in [0.5, 0.6) is 0 Å². The molecule has 1 aromatic heterocycles. The maximum Gasteiger partial charge on any atom is 0.261 e. The van der Waals surface area contributed by atoms with Crippen LogP contribution in [-0.2, 0) is 0 Å². The van der Waals surface area contributed by atoms with Crippen molar-refractivity contribution in [3.63, 3.8) is 0 Å². The van der Waals surface area contributed by atoms with Crippen LogP contribution in [0.25, 0.3) is 0 Å². The minimum absolute atomic E-state index is 0.0119. The van der Waals surface area contributed by atoms with Gasteiger partial charge in [-0.1, -0.05) is 18.3 Å². The van der Waals surface area contributed by atoms with Gasteiger partial charge in [-0.25, -0.2) is 0 Å². The molecule has 1 aromatic rings. The lowest BCUT2D eigenvalue weighted by atomic mass is 10.2. The van der Waals surface area contributed by atoms with Crippen molar-refractivity contribution >= 4 is 34.5 Å². The van der Waals surface area contributed by atoms with E-state index in [1.165, 1.54) is 11.3 Å². The first-order valence-corrected chi connectivity index (χ1v) is 5.51. The molecule has 0 aromatic carbocycles. The van der Waals surface area contributed by atoms with Crippen LogP contribution in [0.2, 0.25) is 0 Å². The number of nitrogens with two attached hydrogens (primary N) is 1. The highest BCUT2D eigenvalue weighted by molar-refractivity contribution is 7.80. The summed E-state index contributed by atoms with van der Waals surface area (Å²) in [5.41, 5.74) is 5.37. The Bertz CT molecular complexity index is 322. The maximum absolute atomic E-state index is 11.5. The van der Waals surface area contributed by atoms with Gasteiger partial charge >= 0.3 is 0 Å². The van der Waals surface area contributed by atoms with Crippen LogP contribution in [0.4, 0.5) is 0 Å². The van der Waals surface area contributed by atoms with Crippen molar-refractivity contribution < 1.29 is 4.79 Å². The molecule has 3 N–H and O–H groups in total. The largest absolute Gasteiger partial charge is 0.393 e. The predicted octanol–water partition coefficient (Wildman–Crippen LogP) is 1.54. The molecule has 1 atom stereocenters. The number of thiocarbonyl (C=S) groups is 1. The van der Waals surface area contributed by atoms with Crippen LogP contribution in [0.3, 0.4) is 0 Å². The third kappa shape index (κ3) is 3.43. The van der Waals surface area contributed by atoms with E-state index in [1.54, 1.807) is 6.07 Å². The first-order chi connectivity index (χ1) is 6.59. The van der Waals surface area contributed by atoms with Gasteiger partial charge in [-0.3, -0.25) is 4.79 Å². The van der Waals surface area contributed by atoms with E-state index in [2.05, 4.69) is 5.32 Å². The highest BCUT2D eigenvalue weighted by atomic mass is 32.1. The lowest BCUT2D eigenvalue weighted by Gasteiger charge is -2.11. The molecule has 1 unspecified atom stereocenters. The van der Waals surface area contributed by atoms with Crippen molar-refractivity contribution in [1.29, 1.82) is 0 Å². The van der Waals surface area contributed by atoms with E-state index in [9.17, 15) is 4.79 Å². The fourth-order valence-corrected chi connectivity index (χ4v) is 1.93. The quantitative estimate of drug-likeness (QED) is 0.769. The van der Waals surface area contributed by atoms with Crippen molar-refractivity contribution in [3.8, 4) is 0 Å². The van der Waals surface area contributed by atoms with Crippen molar-refractivity contribution in [2.45, 2.75) is 19.4 Å². The zero-order valence-corrected chi connectivity index (χ0v) is 9.45. The molecule has 0 saturated carbocycles. The van der Waals surface area contributed by atoms with Gasteiger partial charge in [0.2, 0.25) is 0 Å². The van der Waals surface area contributed by atoms with E-state index >= 15 is 0 Å². The Labute approximate surface area is 92.3 Å². The molecule has 0 saturated heterocycles. The van der Waals surface area contributed by atoms with Gasteiger partial charge in [0.15, 0.2) is 0 Å². The fourth-order valence-electron chi connectivity index (χ4n) is 1.06. The van der Waals surface area contributed by atoms with Gasteiger partial charge in [0.1, 0.15) is 0 Å². The monoisotopic (exact) mass is 228 g/mol. The Hall–Kier alpha value is -0.940. The molecule has 76 valence electrons. The third-order valence-corrected chi connectivity index (χ3v) is 2.67. The molecule has 0 spiro atoms. The van der Waals surface area contributed by atoms with E-state index in [4.69, 9.17) is 18.0 Å². The van der Waals surface area contributed by atoms with E-state index in [0.717, 1.165) is 0 Å². The molecule has 0 aliphatic carbocycles. The van der Waals surface area contributed by atoms with Crippen LogP contribution in [0, 0.1) is 0 Å². The van der Waals surface area contributed by atoms with Crippen molar-refractivity contribution in [3.05, 3.63) is 22.4 Å². The number of hydrogen-bond donors (Lipinski definition) is 2. The molecule has 0 fully saturated rings. The first-order valence-electron chi connectivity index (χ1n) is 4.22. The molecule has 1 rings (SSSR count). The molecule has 3 nitrogen and oxygen atoms in total. The Balaban J connectivity index is 2.45. The third-order valence-electron chi connectivity index (χ3n) is 1.63. The summed E-state index contributed by atoms with van der Waals surface area (Å²) in [6.45, 7) is 1.88. The van der Waals surface area contributed by atoms with Crippen molar-refractivity contribution in [1.82, 2.24) is 5.32 Å². The van der Waals surface area contributed by atoms with Gasteiger partial charge in [-0.2, -0.15) is 0 Å². The second-order valence-corrected chi connectivity index (χ2v) is 4.49. The summed E-state index contributed by atoms with van der Waals surface area (Å²) in [4.78, 5) is 12.6. The van der Waals surface area contributed by atoms with E-state index < -0.39 is 0 Å². The van der Waals surface area contributed by atoms with Crippen LogP contribution < -0.4 is 11.1 Å². The minimum atomic E-state index is -0.0660. The smallest absolute Gasteiger partial charge is 0.261 e. The van der Waals surface area contributed by atoms with Crippen LogP contribution in [-0.4, -0.2) is 16.9 Å². The molecule has 1 amide bonds. The Morgan fingerprint density at radius 2 is 2.50 bits per heavy atom. The van der Waals surface area contributed by atoms with E-state index in [0.29, 0.717) is 16.3 Å². The number of nitrogens with one attached hydrogen (secondary N) is 1. The summed E-state index contributed by atoms with van der Waals surface area (Å²) < 4.78 is 0. The Kier molecular flexibility index (Phi) is 4.03. The zero-order chi connectivity index (χ0) is 10.6. The number of carbonyl (C=O) groups excluding carboxylic acids is 1. The molecular formula is C9H12N2OS2. The average molecular weight is 228 g/mol. The SMILES string of the molecule is CC(CC(N)=S)NC(=O)c1cccs1. The normalized spacial score (nSPS) is 12.1. The number of rotatable bonds is 4. The van der Waals surface area contributed by atoms with E-state index in [1.807, 2.05) is 18.4 Å². The Morgan fingerprint density at radius 1 is 1.79 bits per heavy atom. The molecule has 0 aliphatic heterocycles. The number of amides is 1. The molecule has 0 bridgehead atoms. The standard InChI is InChI=1S/C9H12N2OS2/c1-6(5-8(10)13)11-9(12)7-3-2-4-14-7/h2-4,6H,5H2,1H3,(H2,10,13)(H,11,12). The fraction of sp³-hybridized carbons (Fsp3) is 0.333. The minimum Gasteiger partial charge on any atom is -0.393 e. The Morgan fingerprint density at radius 3 is 3.00 bits per heavy atom. The maximum atomic E-state index is 11.5. The van der Waals surface area contributed by atoms with E-state index in [-0.39, 0.29) is 11.9 Å². The van der Waals surface area contributed by atoms with Crippen molar-refractivity contribution in [2.75, 3.05) is 0 Å². The highest BCUT2D eigenvalue weighted by Gasteiger charge is 2.10. The average Bonchev–Trinajstić information content (AvgIpc) is 2.53. The van der Waals surface area contributed by atoms with Gasteiger partial charge in [0.25, 0.3) is 5.91 Å². The summed E-state index contributed by atoms with van der Waals surface area (Å²) >= 11 is 6.17. The van der Waals surface area contributed by atoms with Crippen LogP contribution >= 0.6 is 23.6 Å².